The van der Waals surface area contributed by atoms with Gasteiger partial charge in [-0.2, -0.15) is 4.31 Å². The molecule has 2 aromatic carbocycles. The van der Waals surface area contributed by atoms with Gasteiger partial charge in [-0.3, -0.25) is 4.79 Å². The fourth-order valence-electron chi connectivity index (χ4n) is 2.70. The molecular weight excluding hydrogens is 372 g/mol. The van der Waals surface area contributed by atoms with Crippen molar-refractivity contribution in [1.82, 2.24) is 4.31 Å². The van der Waals surface area contributed by atoms with Crippen molar-refractivity contribution < 1.29 is 27.9 Å². The molecule has 3 rings (SSSR count). The average molecular weight is 389 g/mol. The Bertz CT molecular complexity index is 967. The first-order valence-corrected chi connectivity index (χ1v) is 9.63. The number of anilines is 1. The number of carbonyl (C=O) groups excluding carboxylic acids is 2. The average Bonchev–Trinajstić information content (AvgIpc) is 2.69. The van der Waals surface area contributed by atoms with Gasteiger partial charge in [0, 0.05) is 24.2 Å². The Labute approximate surface area is 156 Å². The first kappa shape index (κ1) is 19.0. The fourth-order valence-corrected chi connectivity index (χ4v) is 4.15. The number of sulfonamides is 1. The zero-order chi connectivity index (χ0) is 19.4. The van der Waals surface area contributed by atoms with E-state index in [0.717, 1.165) is 0 Å². The number of para-hydroxylation sites is 1. The van der Waals surface area contributed by atoms with E-state index in [1.807, 2.05) is 0 Å². The summed E-state index contributed by atoms with van der Waals surface area (Å²) in [5.74, 6) is -2.04. The lowest BCUT2D eigenvalue weighted by Gasteiger charge is -2.26. The molecule has 0 radical (unpaired) electrons. The van der Waals surface area contributed by atoms with Gasteiger partial charge in [-0.25, -0.2) is 8.42 Å². The van der Waals surface area contributed by atoms with Gasteiger partial charge in [0.05, 0.1) is 29.8 Å². The SMILES string of the molecule is O=C(Nc1ccccc1C(=O)[O-])c1cccc(S(=O)(=O)N2CCOCC2)c1. The number of ether oxygens (including phenoxy) is 1. The van der Waals surface area contributed by atoms with Crippen molar-refractivity contribution in [1.29, 1.82) is 0 Å². The molecule has 27 heavy (non-hydrogen) atoms. The van der Waals surface area contributed by atoms with Crippen LogP contribution in [0.25, 0.3) is 0 Å². The molecule has 0 atom stereocenters. The molecule has 0 spiro atoms. The molecule has 1 heterocycles. The van der Waals surface area contributed by atoms with Crippen LogP contribution in [-0.4, -0.2) is 50.9 Å². The molecule has 0 saturated carbocycles. The highest BCUT2D eigenvalue weighted by molar-refractivity contribution is 7.89. The topological polar surface area (TPSA) is 116 Å². The molecule has 1 aliphatic rings. The summed E-state index contributed by atoms with van der Waals surface area (Å²) in [6, 6.07) is 11.4. The molecule has 1 N–H and O–H groups in total. The van der Waals surface area contributed by atoms with Crippen LogP contribution in [0.3, 0.4) is 0 Å². The van der Waals surface area contributed by atoms with Crippen LogP contribution in [0.1, 0.15) is 20.7 Å². The van der Waals surface area contributed by atoms with E-state index in [-0.39, 0.29) is 34.8 Å². The van der Waals surface area contributed by atoms with Gasteiger partial charge < -0.3 is 20.0 Å². The molecule has 1 fully saturated rings. The van der Waals surface area contributed by atoms with Crippen LogP contribution >= 0.6 is 0 Å². The predicted molar refractivity (Wildman–Crippen MR) is 94.7 cm³/mol. The van der Waals surface area contributed by atoms with Crippen LogP contribution in [0.2, 0.25) is 0 Å². The Morgan fingerprint density at radius 1 is 1.04 bits per heavy atom. The van der Waals surface area contributed by atoms with Crippen molar-refractivity contribution in [3.8, 4) is 0 Å². The monoisotopic (exact) mass is 389 g/mol. The lowest BCUT2D eigenvalue weighted by molar-refractivity contribution is -0.254. The highest BCUT2D eigenvalue weighted by Crippen LogP contribution is 2.20. The minimum atomic E-state index is -3.74. The van der Waals surface area contributed by atoms with Gasteiger partial charge >= 0.3 is 0 Å². The van der Waals surface area contributed by atoms with Crippen LogP contribution in [0.5, 0.6) is 0 Å². The van der Waals surface area contributed by atoms with Gasteiger partial charge in [0.2, 0.25) is 10.0 Å². The molecule has 0 aromatic heterocycles. The van der Waals surface area contributed by atoms with Crippen molar-refractivity contribution >= 4 is 27.6 Å². The number of nitrogens with zero attached hydrogens (tertiary/aromatic N) is 1. The molecule has 142 valence electrons. The molecule has 1 aliphatic heterocycles. The molecule has 9 heteroatoms. The quantitative estimate of drug-likeness (QED) is 0.788. The lowest BCUT2D eigenvalue weighted by atomic mass is 10.1. The number of amides is 1. The number of carbonyl (C=O) groups is 2. The number of hydrogen-bond donors (Lipinski definition) is 1. The molecular formula is C18H17N2O6S-. The Hall–Kier alpha value is -2.75. The third-order valence-electron chi connectivity index (χ3n) is 4.10. The highest BCUT2D eigenvalue weighted by atomic mass is 32.2. The second-order valence-electron chi connectivity index (χ2n) is 5.83. The van der Waals surface area contributed by atoms with Gasteiger partial charge in [-0.15, -0.1) is 0 Å². The number of hydrogen-bond acceptors (Lipinski definition) is 6. The van der Waals surface area contributed by atoms with Crippen molar-refractivity contribution in [2.45, 2.75) is 4.90 Å². The van der Waals surface area contributed by atoms with Crippen LogP contribution in [0.4, 0.5) is 5.69 Å². The van der Waals surface area contributed by atoms with Gasteiger partial charge in [-0.05, 0) is 24.3 Å². The van der Waals surface area contributed by atoms with Crippen LogP contribution < -0.4 is 10.4 Å². The van der Waals surface area contributed by atoms with Gasteiger partial charge in [0.25, 0.3) is 5.91 Å². The van der Waals surface area contributed by atoms with E-state index in [2.05, 4.69) is 5.32 Å². The molecule has 1 saturated heterocycles. The summed E-state index contributed by atoms with van der Waals surface area (Å²) < 4.78 is 31.9. The highest BCUT2D eigenvalue weighted by Gasteiger charge is 2.26. The minimum Gasteiger partial charge on any atom is -0.545 e. The van der Waals surface area contributed by atoms with E-state index < -0.39 is 21.9 Å². The van der Waals surface area contributed by atoms with E-state index in [1.165, 1.54) is 46.8 Å². The zero-order valence-electron chi connectivity index (χ0n) is 14.3. The minimum absolute atomic E-state index is 0.00904. The Morgan fingerprint density at radius 3 is 2.44 bits per heavy atom. The summed E-state index contributed by atoms with van der Waals surface area (Å²) in [6.07, 6.45) is 0. The fraction of sp³-hybridized carbons (Fsp3) is 0.222. The standard InChI is InChI=1S/C18H18N2O6S/c21-17(19-16-7-2-1-6-15(16)18(22)23)13-4-3-5-14(12-13)27(24,25)20-8-10-26-11-9-20/h1-7,12H,8-11H2,(H,19,21)(H,22,23)/p-1. The molecule has 1 amide bonds. The van der Waals surface area contributed by atoms with Gasteiger partial charge in [0.1, 0.15) is 0 Å². The number of aromatic carboxylic acids is 1. The molecule has 0 bridgehead atoms. The van der Waals surface area contributed by atoms with Crippen LogP contribution in [-0.2, 0) is 14.8 Å². The number of rotatable bonds is 5. The molecule has 8 nitrogen and oxygen atoms in total. The number of carboxylic acid groups (broad SMARTS) is 1. The van der Waals surface area contributed by atoms with Gasteiger partial charge in [0.15, 0.2) is 0 Å². The Morgan fingerprint density at radius 2 is 1.74 bits per heavy atom. The van der Waals surface area contributed by atoms with Crippen molar-refractivity contribution in [2.75, 3.05) is 31.6 Å². The van der Waals surface area contributed by atoms with E-state index in [4.69, 9.17) is 4.74 Å². The van der Waals surface area contributed by atoms with Crippen molar-refractivity contribution in [3.63, 3.8) is 0 Å². The molecule has 0 unspecified atom stereocenters. The van der Waals surface area contributed by atoms with E-state index >= 15 is 0 Å². The maximum atomic E-state index is 12.7. The third kappa shape index (κ3) is 4.16. The van der Waals surface area contributed by atoms with Gasteiger partial charge in [-0.1, -0.05) is 24.3 Å². The summed E-state index contributed by atoms with van der Waals surface area (Å²) in [5.41, 5.74) is 0.00404. The normalized spacial score (nSPS) is 15.3. The first-order chi connectivity index (χ1) is 12.9. The Kier molecular flexibility index (Phi) is 5.54. The zero-order valence-corrected chi connectivity index (χ0v) is 15.1. The summed E-state index contributed by atoms with van der Waals surface area (Å²) in [6.45, 7) is 1.13. The van der Waals surface area contributed by atoms with Crippen LogP contribution in [0, 0.1) is 0 Å². The molecule has 2 aromatic rings. The lowest BCUT2D eigenvalue weighted by Crippen LogP contribution is -2.40. The maximum absolute atomic E-state index is 12.7. The summed E-state index contributed by atoms with van der Waals surface area (Å²) in [5, 5.41) is 13.6. The van der Waals surface area contributed by atoms with E-state index in [9.17, 15) is 23.1 Å². The van der Waals surface area contributed by atoms with Crippen molar-refractivity contribution in [3.05, 3.63) is 59.7 Å². The summed E-state index contributed by atoms with van der Waals surface area (Å²) >= 11 is 0. The number of nitrogens with one attached hydrogen (secondary N) is 1. The summed E-state index contributed by atoms with van der Waals surface area (Å²) in [7, 11) is -3.74. The van der Waals surface area contributed by atoms with Crippen LogP contribution in [0.15, 0.2) is 53.4 Å². The second kappa shape index (κ2) is 7.87. The maximum Gasteiger partial charge on any atom is 0.255 e. The molecule has 0 aliphatic carbocycles. The largest absolute Gasteiger partial charge is 0.545 e. The second-order valence-corrected chi connectivity index (χ2v) is 7.77. The van der Waals surface area contributed by atoms with E-state index in [0.29, 0.717) is 13.2 Å². The Balaban J connectivity index is 1.85. The number of benzene rings is 2. The predicted octanol–water partition coefficient (Wildman–Crippen LogP) is 0.323. The van der Waals surface area contributed by atoms with E-state index in [1.54, 1.807) is 6.07 Å². The number of carboxylic acids is 1. The smallest absolute Gasteiger partial charge is 0.255 e. The van der Waals surface area contributed by atoms with Crippen molar-refractivity contribution in [2.24, 2.45) is 0 Å². The first-order valence-electron chi connectivity index (χ1n) is 8.19. The third-order valence-corrected chi connectivity index (χ3v) is 5.99. The summed E-state index contributed by atoms with van der Waals surface area (Å²) in [4.78, 5) is 23.6. The number of morpholine rings is 1.